The lowest BCUT2D eigenvalue weighted by Gasteiger charge is -2.27. The molecule has 1 aliphatic heterocycles. The fourth-order valence-corrected chi connectivity index (χ4v) is 6.17. The second-order valence-corrected chi connectivity index (χ2v) is 9.92. The van der Waals surface area contributed by atoms with Crippen LogP contribution in [0.2, 0.25) is 0 Å². The molecule has 2 fully saturated rings. The molecule has 3 N–H and O–H groups in total. The molecule has 29 heavy (non-hydrogen) atoms. The Balaban J connectivity index is 1.36. The van der Waals surface area contributed by atoms with E-state index in [9.17, 15) is 0 Å². The number of hydrogen-bond donors (Lipinski definition) is 2. The molecule has 0 radical (unpaired) electrons. The van der Waals surface area contributed by atoms with Gasteiger partial charge in [0.15, 0.2) is 0 Å². The Morgan fingerprint density at radius 2 is 1.97 bits per heavy atom. The Morgan fingerprint density at radius 1 is 1.10 bits per heavy atom. The molecule has 1 saturated heterocycles. The highest BCUT2D eigenvalue weighted by Crippen LogP contribution is 2.33. The molecular weight excluding hydrogens is 378 g/mol. The Hall–Kier alpha value is -1.79. The fraction of sp³-hybridized carbons (Fsp3) is 0.565. The van der Waals surface area contributed by atoms with Crippen molar-refractivity contribution in [3.8, 4) is 0 Å². The molecule has 0 bridgehead atoms. The van der Waals surface area contributed by atoms with Gasteiger partial charge in [-0.2, -0.15) is 5.10 Å². The van der Waals surface area contributed by atoms with Crippen molar-refractivity contribution >= 4 is 34.8 Å². The highest BCUT2D eigenvalue weighted by molar-refractivity contribution is 7.97. The molecule has 4 rings (SSSR count). The Morgan fingerprint density at radius 3 is 2.79 bits per heavy atom. The van der Waals surface area contributed by atoms with Crippen LogP contribution in [0.4, 0.5) is 0 Å². The van der Waals surface area contributed by atoms with Gasteiger partial charge in [0.1, 0.15) is 0 Å². The van der Waals surface area contributed by atoms with Gasteiger partial charge in [0.25, 0.3) is 0 Å². The number of rotatable bonds is 6. The van der Waals surface area contributed by atoms with Gasteiger partial charge in [-0.25, -0.2) is 0 Å². The van der Waals surface area contributed by atoms with Gasteiger partial charge in [-0.15, -0.1) is 0 Å². The minimum atomic E-state index is 0.349. The van der Waals surface area contributed by atoms with Crippen LogP contribution >= 0.6 is 11.9 Å². The van der Waals surface area contributed by atoms with Crippen molar-refractivity contribution in [2.45, 2.75) is 63.2 Å². The van der Waals surface area contributed by atoms with Gasteiger partial charge in [-0.1, -0.05) is 37.3 Å². The summed E-state index contributed by atoms with van der Waals surface area (Å²) < 4.78 is 5.06. The number of hydrazone groups is 1. The average Bonchev–Trinajstić information content (AvgIpc) is 3.00. The quantitative estimate of drug-likeness (QED) is 0.303. The number of hydrogen-bond acceptors (Lipinski definition) is 5. The highest BCUT2D eigenvalue weighted by atomic mass is 32.2. The zero-order chi connectivity index (χ0) is 20.1. The van der Waals surface area contributed by atoms with E-state index in [2.05, 4.69) is 50.3 Å². The molecule has 1 aliphatic carbocycles. The number of nitrogens with one attached hydrogen (secondary N) is 1. The molecule has 6 heteroatoms. The summed E-state index contributed by atoms with van der Waals surface area (Å²) in [5.41, 5.74) is 2.46. The molecule has 1 unspecified atom stereocenters. The van der Waals surface area contributed by atoms with Crippen molar-refractivity contribution in [3.05, 3.63) is 36.0 Å². The van der Waals surface area contributed by atoms with Crippen molar-refractivity contribution in [3.63, 3.8) is 0 Å². The van der Waals surface area contributed by atoms with Crippen molar-refractivity contribution < 1.29 is 0 Å². The lowest BCUT2D eigenvalue weighted by atomic mass is 10.0. The first-order chi connectivity index (χ1) is 14.2. The van der Waals surface area contributed by atoms with Crippen LogP contribution in [0, 0.1) is 11.3 Å². The van der Waals surface area contributed by atoms with E-state index in [1.165, 1.54) is 81.6 Å². The summed E-state index contributed by atoms with van der Waals surface area (Å²) in [4.78, 5) is 0. The smallest absolute Gasteiger partial charge is 0.0812 e. The standard InChI is InChI=1S/C23H33N5S/c24-22(16-26-25)19-8-9-23-20(15-19)11-13-27(23)17-18-5-4-12-28(14-10-18)29-21-6-2-1-3-7-21/h8-9,11,13,15-16,18,21,24H,1-7,10,12,14,17,25H2/b24-22?,26-16-. The normalized spacial score (nSPS) is 22.3. The van der Waals surface area contributed by atoms with Crippen LogP contribution in [-0.2, 0) is 6.54 Å². The van der Waals surface area contributed by atoms with E-state index < -0.39 is 0 Å². The van der Waals surface area contributed by atoms with E-state index in [0.717, 1.165) is 23.3 Å². The van der Waals surface area contributed by atoms with E-state index in [1.54, 1.807) is 0 Å². The molecule has 2 aliphatic rings. The third-order valence-corrected chi connectivity index (χ3v) is 7.83. The molecule has 0 spiro atoms. The van der Waals surface area contributed by atoms with Crippen LogP contribution in [-0.4, -0.2) is 39.1 Å². The Labute approximate surface area is 178 Å². The first-order valence-corrected chi connectivity index (χ1v) is 11.9. The summed E-state index contributed by atoms with van der Waals surface area (Å²) in [6, 6.07) is 8.35. The third kappa shape index (κ3) is 5.23. The van der Waals surface area contributed by atoms with Gasteiger partial charge in [0, 0.05) is 47.5 Å². The molecule has 1 saturated carbocycles. The number of fused-ring (bicyclic) bond motifs is 1. The van der Waals surface area contributed by atoms with E-state index in [1.807, 2.05) is 6.07 Å². The SMILES string of the molecule is N=C(/C=N\N)c1ccc2c(ccn2CC2CCCN(SC3CCCCC3)CC2)c1. The summed E-state index contributed by atoms with van der Waals surface area (Å²) >= 11 is 2.16. The zero-order valence-corrected chi connectivity index (χ0v) is 18.0. The van der Waals surface area contributed by atoms with Crippen molar-refractivity contribution in [2.75, 3.05) is 13.1 Å². The second-order valence-electron chi connectivity index (χ2n) is 8.52. The predicted molar refractivity (Wildman–Crippen MR) is 125 cm³/mol. The lowest BCUT2D eigenvalue weighted by Crippen LogP contribution is -2.23. The molecule has 156 valence electrons. The van der Waals surface area contributed by atoms with E-state index >= 15 is 0 Å². The van der Waals surface area contributed by atoms with Crippen LogP contribution in [0.3, 0.4) is 0 Å². The molecule has 1 atom stereocenters. The Bertz CT molecular complexity index is 852. The molecule has 2 heterocycles. The third-order valence-electron chi connectivity index (χ3n) is 6.40. The monoisotopic (exact) mass is 411 g/mol. The largest absolute Gasteiger partial charge is 0.347 e. The molecule has 5 nitrogen and oxygen atoms in total. The maximum absolute atomic E-state index is 8.01. The maximum Gasteiger partial charge on any atom is 0.0812 e. The topological polar surface area (TPSA) is 70.4 Å². The van der Waals surface area contributed by atoms with E-state index in [4.69, 9.17) is 11.3 Å². The van der Waals surface area contributed by atoms with Crippen molar-refractivity contribution in [1.29, 1.82) is 5.41 Å². The van der Waals surface area contributed by atoms with Crippen molar-refractivity contribution in [1.82, 2.24) is 8.87 Å². The molecule has 0 amide bonds. The van der Waals surface area contributed by atoms with Gasteiger partial charge >= 0.3 is 0 Å². The number of nitrogens with zero attached hydrogens (tertiary/aromatic N) is 3. The second kappa shape index (κ2) is 9.81. The van der Waals surface area contributed by atoms with Gasteiger partial charge < -0.3 is 10.4 Å². The van der Waals surface area contributed by atoms with E-state index in [-0.39, 0.29) is 0 Å². The molecule has 2 aromatic rings. The predicted octanol–water partition coefficient (Wildman–Crippen LogP) is 5.04. The number of aromatic nitrogens is 1. The fourth-order valence-electron chi connectivity index (χ4n) is 4.76. The summed E-state index contributed by atoms with van der Waals surface area (Å²) in [6.07, 6.45) is 14.6. The minimum absolute atomic E-state index is 0.349. The first kappa shape index (κ1) is 20.5. The summed E-state index contributed by atoms with van der Waals surface area (Å²) in [7, 11) is 0. The highest BCUT2D eigenvalue weighted by Gasteiger charge is 2.22. The van der Waals surface area contributed by atoms with Crippen LogP contribution < -0.4 is 5.84 Å². The molecule has 1 aromatic heterocycles. The zero-order valence-electron chi connectivity index (χ0n) is 17.2. The minimum Gasteiger partial charge on any atom is -0.347 e. The Kier molecular flexibility index (Phi) is 6.93. The van der Waals surface area contributed by atoms with Crippen LogP contribution in [0.15, 0.2) is 35.6 Å². The average molecular weight is 412 g/mol. The molecule has 1 aromatic carbocycles. The van der Waals surface area contributed by atoms with Gasteiger partial charge in [-0.3, -0.25) is 9.71 Å². The summed E-state index contributed by atoms with van der Waals surface area (Å²) in [6.45, 7) is 3.56. The first-order valence-electron chi connectivity index (χ1n) is 11.1. The number of nitrogens with two attached hydrogens (primary N) is 1. The van der Waals surface area contributed by atoms with Crippen molar-refractivity contribution in [2.24, 2.45) is 16.9 Å². The summed E-state index contributed by atoms with van der Waals surface area (Å²) in [5.74, 6) is 5.92. The van der Waals surface area contributed by atoms with Gasteiger partial charge in [-0.05, 0) is 56.2 Å². The summed E-state index contributed by atoms with van der Waals surface area (Å²) in [5, 5.41) is 13.5. The van der Waals surface area contributed by atoms with Gasteiger partial charge in [0.05, 0.1) is 11.9 Å². The van der Waals surface area contributed by atoms with Gasteiger partial charge in [0.2, 0.25) is 0 Å². The van der Waals surface area contributed by atoms with Crippen LogP contribution in [0.25, 0.3) is 10.9 Å². The van der Waals surface area contributed by atoms with Crippen LogP contribution in [0.5, 0.6) is 0 Å². The molecular formula is C23H33N5S. The number of benzene rings is 1. The van der Waals surface area contributed by atoms with Crippen LogP contribution in [0.1, 0.15) is 56.9 Å². The van der Waals surface area contributed by atoms with E-state index in [0.29, 0.717) is 5.71 Å². The lowest BCUT2D eigenvalue weighted by molar-refractivity contribution is 0.399. The maximum atomic E-state index is 8.01.